The molecule has 260 valence electrons. The van der Waals surface area contributed by atoms with Crippen LogP contribution in [0.25, 0.3) is 0 Å². The minimum atomic E-state index is -3.96. The second-order valence-electron chi connectivity index (χ2n) is 15.1. The molecule has 5 aliphatic rings. The topological polar surface area (TPSA) is 95.9 Å². The SMILES string of the molecule is C[C@@H]1[C@@H](C)C/C=C/[C@](O)(C2SCCCS2)[C@@H]2CCC2(C)CN2C[C@@]3(CCCc4cc(Cl)ccc43)COc3ccc(cc32)C(=O)NS1(=O)=O. The number of rotatable bonds is 1. The molecule has 11 heteroatoms. The Morgan fingerprint density at radius 1 is 1.06 bits per heavy atom. The highest BCUT2D eigenvalue weighted by Crippen LogP contribution is 2.58. The molecule has 3 heterocycles. The molecule has 2 N–H and O–H groups in total. The van der Waals surface area contributed by atoms with Crippen molar-refractivity contribution in [2.75, 3.05) is 36.1 Å². The summed E-state index contributed by atoms with van der Waals surface area (Å²) in [5, 5.41) is 12.7. The van der Waals surface area contributed by atoms with E-state index < -0.39 is 26.8 Å². The number of ether oxygens (including phenoxy) is 1. The fraction of sp³-hybridized carbons (Fsp3) is 0.595. The molecule has 2 aromatic rings. The number of anilines is 1. The number of allylic oxidation sites excluding steroid dienone is 1. The van der Waals surface area contributed by atoms with Crippen LogP contribution in [0.3, 0.4) is 0 Å². The molecule has 0 radical (unpaired) electrons. The van der Waals surface area contributed by atoms with Crippen LogP contribution in [0.1, 0.15) is 80.8 Å². The molecule has 0 aromatic heterocycles. The van der Waals surface area contributed by atoms with Crippen molar-refractivity contribution in [2.45, 2.75) is 86.6 Å². The van der Waals surface area contributed by atoms with E-state index in [0.29, 0.717) is 31.9 Å². The van der Waals surface area contributed by atoms with Crippen molar-refractivity contribution in [2.24, 2.45) is 17.3 Å². The standard InChI is InChI=1S/C37H47ClN2O5S3/c1-24-7-4-15-37(42,34-46-17-6-18-47-34)32-13-16-35(32,3)21-40-22-36(14-5-8-26-19-28(38)10-11-29(26)36)23-45-31-12-9-27(20-30(31)40)33(41)39-48(43,44)25(24)2/h4,9-12,15,19-20,24-25,32,34,42H,5-8,13-14,16-18,21-23H2,1-3H3,(H,39,41)/b15-4+/t24-,25+,32+,35?,36-,37+/m0/s1. The Kier molecular flexibility index (Phi) is 9.40. The van der Waals surface area contributed by atoms with Crippen molar-refractivity contribution in [3.8, 4) is 5.75 Å². The van der Waals surface area contributed by atoms with E-state index in [1.807, 2.05) is 54.7 Å². The first-order valence-corrected chi connectivity index (χ1v) is 21.4. The Bertz CT molecular complexity index is 1710. The van der Waals surface area contributed by atoms with Gasteiger partial charge in [0, 0.05) is 35.0 Å². The Morgan fingerprint density at radius 3 is 2.60 bits per heavy atom. The van der Waals surface area contributed by atoms with E-state index in [2.05, 4.69) is 28.7 Å². The average molecular weight is 731 g/mol. The van der Waals surface area contributed by atoms with Gasteiger partial charge in [0.2, 0.25) is 10.0 Å². The van der Waals surface area contributed by atoms with Crippen molar-refractivity contribution < 1.29 is 23.1 Å². The van der Waals surface area contributed by atoms with Gasteiger partial charge in [0.25, 0.3) is 5.91 Å². The highest BCUT2D eigenvalue weighted by atomic mass is 35.5. The number of hydrogen-bond acceptors (Lipinski definition) is 8. The van der Waals surface area contributed by atoms with Crippen LogP contribution < -0.4 is 14.4 Å². The summed E-state index contributed by atoms with van der Waals surface area (Å²) in [7, 11) is -3.96. The lowest BCUT2D eigenvalue weighted by Crippen LogP contribution is -2.60. The third kappa shape index (κ3) is 6.20. The van der Waals surface area contributed by atoms with Crippen molar-refractivity contribution in [3.63, 3.8) is 0 Å². The first kappa shape index (κ1) is 34.6. The summed E-state index contributed by atoms with van der Waals surface area (Å²) in [4.78, 5) is 16.0. The van der Waals surface area contributed by atoms with Gasteiger partial charge in [-0.15, -0.1) is 23.5 Å². The van der Waals surface area contributed by atoms with E-state index >= 15 is 0 Å². The van der Waals surface area contributed by atoms with E-state index in [9.17, 15) is 18.3 Å². The molecule has 1 amide bonds. The average Bonchev–Trinajstić information content (AvgIpc) is 3.20. The second kappa shape index (κ2) is 13.0. The van der Waals surface area contributed by atoms with Crippen LogP contribution in [0, 0.1) is 17.3 Å². The Labute approximate surface area is 299 Å². The summed E-state index contributed by atoms with van der Waals surface area (Å²) < 4.78 is 36.0. The zero-order chi connectivity index (χ0) is 33.9. The van der Waals surface area contributed by atoms with Crippen LogP contribution in [0.4, 0.5) is 5.69 Å². The van der Waals surface area contributed by atoms with Gasteiger partial charge in [-0.05, 0) is 116 Å². The summed E-state index contributed by atoms with van der Waals surface area (Å²) in [6, 6.07) is 11.5. The predicted octanol–water partition coefficient (Wildman–Crippen LogP) is 7.20. The molecule has 6 atom stereocenters. The van der Waals surface area contributed by atoms with E-state index in [0.717, 1.165) is 60.7 Å². The van der Waals surface area contributed by atoms with Gasteiger partial charge in [-0.1, -0.05) is 43.7 Å². The third-order valence-corrected chi connectivity index (χ3v) is 17.3. The lowest BCUT2D eigenvalue weighted by Gasteiger charge is -2.58. The molecule has 3 aliphatic heterocycles. The largest absolute Gasteiger partial charge is 0.490 e. The number of amides is 1. The van der Waals surface area contributed by atoms with Gasteiger partial charge in [-0.2, -0.15) is 0 Å². The normalized spacial score (nSPS) is 36.1. The summed E-state index contributed by atoms with van der Waals surface area (Å²) >= 11 is 10.2. The number of aryl methyl sites for hydroxylation is 1. The van der Waals surface area contributed by atoms with Crippen LogP contribution in [0.15, 0.2) is 48.6 Å². The zero-order valence-corrected chi connectivity index (χ0v) is 31.2. The van der Waals surface area contributed by atoms with Gasteiger partial charge in [-0.3, -0.25) is 4.79 Å². The number of carbonyl (C=O) groups excluding carboxylic acids is 1. The van der Waals surface area contributed by atoms with Crippen LogP contribution in [0.5, 0.6) is 5.75 Å². The molecule has 7 rings (SSSR count). The second-order valence-corrected chi connectivity index (χ2v) is 20.3. The molecule has 1 spiro atoms. The molecule has 1 saturated heterocycles. The number of nitrogens with zero attached hydrogens (tertiary/aromatic N) is 1. The maximum atomic E-state index is 13.6. The van der Waals surface area contributed by atoms with Gasteiger partial charge in [-0.25, -0.2) is 13.1 Å². The zero-order valence-electron chi connectivity index (χ0n) is 28.0. The monoisotopic (exact) mass is 730 g/mol. The Balaban J connectivity index is 1.35. The van der Waals surface area contributed by atoms with Gasteiger partial charge < -0.3 is 14.7 Å². The minimum absolute atomic E-state index is 0.00873. The van der Waals surface area contributed by atoms with Crippen molar-refractivity contribution in [3.05, 3.63) is 70.3 Å². The van der Waals surface area contributed by atoms with E-state index in [1.54, 1.807) is 19.1 Å². The maximum Gasteiger partial charge on any atom is 0.264 e. The molecular weight excluding hydrogens is 684 g/mol. The first-order chi connectivity index (χ1) is 22.8. The number of halogens is 1. The lowest BCUT2D eigenvalue weighted by molar-refractivity contribution is -0.0845. The summed E-state index contributed by atoms with van der Waals surface area (Å²) in [5.41, 5.74) is 2.03. The predicted molar refractivity (Wildman–Crippen MR) is 198 cm³/mol. The molecule has 1 unspecified atom stereocenters. The van der Waals surface area contributed by atoms with Crippen LogP contribution in [0.2, 0.25) is 5.02 Å². The maximum absolute atomic E-state index is 13.6. The van der Waals surface area contributed by atoms with E-state index in [4.69, 9.17) is 16.3 Å². The quantitative estimate of drug-likeness (QED) is 0.298. The Morgan fingerprint density at radius 2 is 1.85 bits per heavy atom. The van der Waals surface area contributed by atoms with Gasteiger partial charge >= 0.3 is 0 Å². The summed E-state index contributed by atoms with van der Waals surface area (Å²) in [6.07, 6.45) is 10.5. The molecule has 2 aliphatic carbocycles. The molecule has 1 saturated carbocycles. The van der Waals surface area contributed by atoms with Crippen LogP contribution >= 0.6 is 35.1 Å². The van der Waals surface area contributed by atoms with Crippen molar-refractivity contribution >= 4 is 56.7 Å². The molecule has 48 heavy (non-hydrogen) atoms. The number of sulfonamides is 1. The van der Waals surface area contributed by atoms with Crippen LogP contribution in [-0.4, -0.2) is 66.1 Å². The van der Waals surface area contributed by atoms with Gasteiger partial charge in [0.05, 0.1) is 22.1 Å². The highest BCUT2D eigenvalue weighted by Gasteiger charge is 2.57. The van der Waals surface area contributed by atoms with Crippen molar-refractivity contribution in [1.29, 1.82) is 0 Å². The summed E-state index contributed by atoms with van der Waals surface area (Å²) in [6.45, 7) is 7.71. The highest BCUT2D eigenvalue weighted by molar-refractivity contribution is 8.17. The fourth-order valence-electron chi connectivity index (χ4n) is 8.79. The molecule has 2 fully saturated rings. The van der Waals surface area contributed by atoms with E-state index in [1.165, 1.54) is 11.1 Å². The summed E-state index contributed by atoms with van der Waals surface area (Å²) in [5.74, 6) is 1.85. The molecular formula is C37H47ClN2O5S3. The van der Waals surface area contributed by atoms with Crippen LogP contribution in [-0.2, 0) is 21.9 Å². The lowest BCUT2D eigenvalue weighted by atomic mass is 9.55. The van der Waals surface area contributed by atoms with E-state index in [-0.39, 0.29) is 32.8 Å². The first-order valence-electron chi connectivity index (χ1n) is 17.3. The number of fused-ring (bicyclic) bond motifs is 4. The number of hydrogen-bond donors (Lipinski definition) is 2. The number of carbonyl (C=O) groups is 1. The fourth-order valence-corrected chi connectivity index (χ4v) is 13.5. The number of aliphatic hydroxyl groups is 1. The molecule has 2 bridgehead atoms. The third-order valence-electron chi connectivity index (χ3n) is 11.9. The number of thioether (sulfide) groups is 2. The minimum Gasteiger partial charge on any atom is -0.490 e. The van der Waals surface area contributed by atoms with Gasteiger partial charge in [0.15, 0.2) is 0 Å². The number of nitrogens with one attached hydrogen (secondary N) is 1. The molecule has 7 nitrogen and oxygen atoms in total. The Hall–Kier alpha value is -1.85. The van der Waals surface area contributed by atoms with Gasteiger partial charge in [0.1, 0.15) is 11.4 Å². The number of benzene rings is 2. The molecule has 2 aromatic carbocycles. The van der Waals surface area contributed by atoms with Crippen molar-refractivity contribution in [1.82, 2.24) is 4.72 Å². The smallest absolute Gasteiger partial charge is 0.264 e.